The van der Waals surface area contributed by atoms with Gasteiger partial charge in [-0.3, -0.25) is 4.79 Å². The van der Waals surface area contributed by atoms with Crippen molar-refractivity contribution in [2.45, 2.75) is 40.5 Å². The summed E-state index contributed by atoms with van der Waals surface area (Å²) in [5.41, 5.74) is 4.95. The van der Waals surface area contributed by atoms with Crippen LogP contribution in [0.1, 0.15) is 45.2 Å². The smallest absolute Gasteiger partial charge is 0.132 e. The van der Waals surface area contributed by atoms with Crippen LogP contribution in [0.4, 0.5) is 0 Å². The van der Waals surface area contributed by atoms with E-state index in [9.17, 15) is 4.79 Å². The van der Waals surface area contributed by atoms with Crippen LogP contribution in [0.2, 0.25) is 0 Å². The van der Waals surface area contributed by atoms with E-state index in [1.165, 1.54) is 16.7 Å². The lowest BCUT2D eigenvalue weighted by Crippen LogP contribution is -2.09. The van der Waals surface area contributed by atoms with E-state index in [-0.39, 0.29) is 11.7 Å². The molecule has 3 heteroatoms. The van der Waals surface area contributed by atoms with Crippen LogP contribution in [0.25, 0.3) is 5.57 Å². The van der Waals surface area contributed by atoms with Gasteiger partial charge in [0.25, 0.3) is 0 Å². The van der Waals surface area contributed by atoms with Crippen LogP contribution in [0.5, 0.6) is 5.75 Å². The average molecular weight is 415 g/mol. The third-order valence-corrected chi connectivity index (χ3v) is 5.34. The number of hydrogen-bond acceptors (Lipinski definition) is 2. The van der Waals surface area contributed by atoms with Gasteiger partial charge in [-0.1, -0.05) is 54.0 Å². The normalized spacial score (nSPS) is 13.1. The Kier molecular flexibility index (Phi) is 7.65. The molecule has 1 atom stereocenters. The maximum absolute atomic E-state index is 11.4. The second-order valence-electron chi connectivity index (χ2n) is 6.74. The number of ketones is 1. The van der Waals surface area contributed by atoms with Gasteiger partial charge in [-0.15, -0.1) is 0 Å². The van der Waals surface area contributed by atoms with Crippen molar-refractivity contribution in [1.29, 1.82) is 0 Å². The van der Waals surface area contributed by atoms with E-state index in [0.29, 0.717) is 6.61 Å². The van der Waals surface area contributed by atoms with Gasteiger partial charge >= 0.3 is 0 Å². The Morgan fingerprint density at radius 1 is 1.04 bits per heavy atom. The van der Waals surface area contributed by atoms with Crippen molar-refractivity contribution < 1.29 is 9.53 Å². The Morgan fingerprint density at radius 3 is 2.19 bits per heavy atom. The van der Waals surface area contributed by atoms with Gasteiger partial charge in [-0.25, -0.2) is 0 Å². The molecule has 0 bridgehead atoms. The zero-order chi connectivity index (χ0) is 19.1. The molecule has 0 fully saturated rings. The van der Waals surface area contributed by atoms with Crippen LogP contribution in [0, 0.1) is 5.92 Å². The number of hydrogen-bond donors (Lipinski definition) is 0. The first-order valence-electron chi connectivity index (χ1n) is 9.07. The van der Waals surface area contributed by atoms with Crippen LogP contribution < -0.4 is 4.74 Å². The highest BCUT2D eigenvalue weighted by molar-refractivity contribution is 9.10. The molecule has 0 saturated carbocycles. The quantitative estimate of drug-likeness (QED) is 0.493. The summed E-state index contributed by atoms with van der Waals surface area (Å²) in [6.45, 7) is 8.51. The number of Topliss-reactive ketones (excluding diaryl/α,β-unsaturated/α-hetero) is 1. The summed E-state index contributed by atoms with van der Waals surface area (Å²) in [5, 5.41) is 0. The summed E-state index contributed by atoms with van der Waals surface area (Å²) in [5.74, 6) is 1.15. The van der Waals surface area contributed by atoms with Crippen LogP contribution in [-0.4, -0.2) is 12.4 Å². The molecule has 0 radical (unpaired) electrons. The van der Waals surface area contributed by atoms with E-state index in [2.05, 4.69) is 54.0 Å². The molecule has 0 N–H and O–H groups in total. The van der Waals surface area contributed by atoms with Crippen molar-refractivity contribution in [2.24, 2.45) is 5.92 Å². The predicted molar refractivity (Wildman–Crippen MR) is 113 cm³/mol. The summed E-state index contributed by atoms with van der Waals surface area (Å²) in [6, 6.07) is 16.5. The van der Waals surface area contributed by atoms with E-state index < -0.39 is 0 Å². The van der Waals surface area contributed by atoms with Gasteiger partial charge in [0.15, 0.2) is 0 Å². The molecule has 2 nitrogen and oxygen atoms in total. The lowest BCUT2D eigenvalue weighted by Gasteiger charge is -2.14. The minimum atomic E-state index is 0.0601. The second-order valence-corrected chi connectivity index (χ2v) is 7.65. The van der Waals surface area contributed by atoms with Crippen molar-refractivity contribution in [3.8, 4) is 5.75 Å². The molecule has 26 heavy (non-hydrogen) atoms. The van der Waals surface area contributed by atoms with Gasteiger partial charge in [0, 0.05) is 10.4 Å². The van der Waals surface area contributed by atoms with Crippen LogP contribution in [0.3, 0.4) is 0 Å². The fraction of sp³-hybridized carbons (Fsp3) is 0.348. The van der Waals surface area contributed by atoms with E-state index in [1.807, 2.05) is 31.2 Å². The summed E-state index contributed by atoms with van der Waals surface area (Å²) in [4.78, 5) is 11.4. The summed E-state index contributed by atoms with van der Waals surface area (Å²) >= 11 is 3.48. The molecule has 0 aliphatic carbocycles. The molecule has 0 spiro atoms. The fourth-order valence-corrected chi connectivity index (χ4v) is 3.03. The molecule has 0 saturated heterocycles. The first kappa shape index (κ1) is 20.4. The molecule has 0 aromatic heterocycles. The Labute approximate surface area is 165 Å². The number of benzene rings is 2. The Bertz CT molecular complexity index is 758. The van der Waals surface area contributed by atoms with Crippen LogP contribution >= 0.6 is 15.9 Å². The Balaban J connectivity index is 2.02. The maximum Gasteiger partial charge on any atom is 0.132 e. The zero-order valence-corrected chi connectivity index (χ0v) is 17.6. The van der Waals surface area contributed by atoms with Gasteiger partial charge < -0.3 is 4.74 Å². The Hall–Kier alpha value is -1.87. The molecular weight excluding hydrogens is 388 g/mol. The monoisotopic (exact) mass is 414 g/mol. The maximum atomic E-state index is 11.4. The van der Waals surface area contributed by atoms with Crippen molar-refractivity contribution in [3.63, 3.8) is 0 Å². The molecule has 2 aromatic carbocycles. The number of carbonyl (C=O) groups is 1. The van der Waals surface area contributed by atoms with Gasteiger partial charge in [0.1, 0.15) is 18.1 Å². The number of ether oxygens (including phenoxy) is 1. The molecule has 2 aromatic rings. The van der Waals surface area contributed by atoms with Crippen molar-refractivity contribution >= 4 is 27.3 Å². The highest BCUT2D eigenvalue weighted by Crippen LogP contribution is 2.24. The minimum absolute atomic E-state index is 0.0601. The molecule has 2 rings (SSSR count). The predicted octanol–water partition coefficient (Wildman–Crippen LogP) is 6.48. The largest absolute Gasteiger partial charge is 0.489 e. The molecule has 0 heterocycles. The molecule has 0 amide bonds. The summed E-state index contributed by atoms with van der Waals surface area (Å²) < 4.78 is 7.08. The van der Waals surface area contributed by atoms with Gasteiger partial charge in [-0.2, -0.15) is 0 Å². The number of halogens is 1. The molecule has 138 valence electrons. The highest BCUT2D eigenvalue weighted by Gasteiger charge is 2.09. The number of carbonyl (C=O) groups excluding carboxylic acids is 1. The first-order valence-corrected chi connectivity index (χ1v) is 9.86. The SMILES string of the molecule is CC/C(COc1ccc(CC(C)C(C)=O)cc1)=C(\C)c1ccc(Br)cc1. The molecule has 0 aliphatic heterocycles. The third kappa shape index (κ3) is 5.84. The van der Waals surface area contributed by atoms with Gasteiger partial charge in [-0.05, 0) is 73.2 Å². The van der Waals surface area contributed by atoms with Gasteiger partial charge in [0.05, 0.1) is 0 Å². The summed E-state index contributed by atoms with van der Waals surface area (Å²) in [7, 11) is 0. The Morgan fingerprint density at radius 2 is 1.65 bits per heavy atom. The number of rotatable bonds is 8. The minimum Gasteiger partial charge on any atom is -0.489 e. The third-order valence-electron chi connectivity index (χ3n) is 4.81. The second kappa shape index (κ2) is 9.72. The van der Waals surface area contributed by atoms with E-state index in [1.54, 1.807) is 6.92 Å². The molecule has 1 unspecified atom stereocenters. The van der Waals surface area contributed by atoms with E-state index in [0.717, 1.165) is 28.6 Å². The standard InChI is InChI=1S/C23H27BrO2/c1-5-20(17(3)21-8-10-22(24)11-9-21)15-26-23-12-6-19(7-13-23)14-16(2)18(4)25/h6-13,16H,5,14-15H2,1-4H3/b20-17-. The van der Waals surface area contributed by atoms with Gasteiger partial charge in [0.2, 0.25) is 0 Å². The van der Waals surface area contributed by atoms with E-state index in [4.69, 9.17) is 4.74 Å². The first-order chi connectivity index (χ1) is 12.4. The lowest BCUT2D eigenvalue weighted by atomic mass is 9.98. The fourth-order valence-electron chi connectivity index (χ4n) is 2.77. The lowest BCUT2D eigenvalue weighted by molar-refractivity contribution is -0.120. The van der Waals surface area contributed by atoms with Crippen LogP contribution in [0.15, 0.2) is 58.6 Å². The zero-order valence-electron chi connectivity index (χ0n) is 16.0. The van der Waals surface area contributed by atoms with Crippen molar-refractivity contribution in [2.75, 3.05) is 6.61 Å². The van der Waals surface area contributed by atoms with Crippen molar-refractivity contribution in [3.05, 3.63) is 69.7 Å². The number of allylic oxidation sites excluding steroid dienone is 1. The van der Waals surface area contributed by atoms with E-state index >= 15 is 0 Å². The molecule has 0 aliphatic rings. The average Bonchev–Trinajstić information content (AvgIpc) is 2.63. The topological polar surface area (TPSA) is 26.3 Å². The van der Waals surface area contributed by atoms with Crippen LogP contribution in [-0.2, 0) is 11.2 Å². The highest BCUT2D eigenvalue weighted by atomic mass is 79.9. The van der Waals surface area contributed by atoms with Crippen molar-refractivity contribution in [1.82, 2.24) is 0 Å². The molecular formula is C23H27BrO2. The summed E-state index contributed by atoms with van der Waals surface area (Å²) in [6.07, 6.45) is 1.73.